The Balaban J connectivity index is 1.20. The molecule has 0 aliphatic rings. The van der Waals surface area contributed by atoms with Crippen molar-refractivity contribution in [2.45, 2.75) is 0 Å². The van der Waals surface area contributed by atoms with Crippen LogP contribution >= 0.6 is 0 Å². The highest BCUT2D eigenvalue weighted by Crippen LogP contribution is 2.41. The van der Waals surface area contributed by atoms with Crippen LogP contribution in [0.4, 0.5) is 0 Å². The average molecular weight is 741 g/mol. The van der Waals surface area contributed by atoms with Crippen molar-refractivity contribution < 1.29 is 0 Å². The highest BCUT2D eigenvalue weighted by atomic mass is 15.1. The van der Waals surface area contributed by atoms with Crippen LogP contribution in [0.2, 0.25) is 0 Å². The van der Waals surface area contributed by atoms with E-state index in [4.69, 9.17) is 19.9 Å². The zero-order valence-electron chi connectivity index (χ0n) is 31.2. The standard InChI is InChI=1S/C52H32N6/c1-4-17-39-35(14-1)26-27-44-40(20-9-21-43(39)44)36-30-37(49-55-45-22-10-28-53-51(45)57(49)47-24-7-15-33-12-2-5-18-41(33)47)32-38(31-36)50-56-46-23-11-29-54-52(46)58(50)48-25-8-16-34-13-3-6-19-42(34)48/h1-32H. The van der Waals surface area contributed by atoms with Gasteiger partial charge in [0, 0.05) is 34.3 Å². The number of hydrogen-bond acceptors (Lipinski definition) is 4. The summed E-state index contributed by atoms with van der Waals surface area (Å²) in [5, 5.41) is 9.38. The summed E-state index contributed by atoms with van der Waals surface area (Å²) in [7, 11) is 0. The third-order valence-electron chi connectivity index (χ3n) is 11.4. The van der Waals surface area contributed by atoms with Crippen molar-refractivity contribution >= 4 is 65.4 Å². The van der Waals surface area contributed by atoms with Gasteiger partial charge in [0.1, 0.15) is 22.7 Å². The Bertz CT molecular complexity index is 3410. The van der Waals surface area contributed by atoms with E-state index in [0.717, 1.165) is 89.2 Å². The lowest BCUT2D eigenvalue weighted by Crippen LogP contribution is -2.02. The molecule has 0 radical (unpaired) electrons. The third kappa shape index (κ3) is 4.98. The predicted octanol–water partition coefficient (Wildman–Crippen LogP) is 12.8. The SMILES string of the molecule is c1ccc2c(-n3c(-c4cc(-c5cccc6c5ccc5ccccc56)cc(-c5nc6cccnc6n5-c5cccc6ccccc56)c4)nc4cccnc43)cccc2c1. The van der Waals surface area contributed by atoms with Crippen LogP contribution in [-0.2, 0) is 0 Å². The minimum absolute atomic E-state index is 0.796. The topological polar surface area (TPSA) is 61.4 Å². The summed E-state index contributed by atoms with van der Waals surface area (Å²) in [4.78, 5) is 20.6. The van der Waals surface area contributed by atoms with Crippen molar-refractivity contribution in [2.24, 2.45) is 0 Å². The molecule has 6 nitrogen and oxygen atoms in total. The molecule has 0 amide bonds. The van der Waals surface area contributed by atoms with Crippen LogP contribution in [0, 0.1) is 0 Å². The fourth-order valence-electron chi connectivity index (χ4n) is 8.81. The van der Waals surface area contributed by atoms with Gasteiger partial charge in [-0.05, 0) is 98.0 Å². The minimum atomic E-state index is 0.796. The van der Waals surface area contributed by atoms with Gasteiger partial charge in [0.25, 0.3) is 0 Å². The second-order valence-corrected chi connectivity index (χ2v) is 14.7. The molecular formula is C52H32N6. The highest BCUT2D eigenvalue weighted by Gasteiger charge is 2.23. The second-order valence-electron chi connectivity index (χ2n) is 14.7. The van der Waals surface area contributed by atoms with Crippen molar-refractivity contribution in [3.8, 4) is 45.3 Å². The molecule has 0 N–H and O–H groups in total. The van der Waals surface area contributed by atoms with Gasteiger partial charge < -0.3 is 0 Å². The number of fused-ring (bicyclic) bond motifs is 7. The van der Waals surface area contributed by atoms with Gasteiger partial charge in [-0.25, -0.2) is 19.9 Å². The maximum absolute atomic E-state index is 5.36. The van der Waals surface area contributed by atoms with Crippen LogP contribution in [0.5, 0.6) is 0 Å². The molecule has 270 valence electrons. The second kappa shape index (κ2) is 12.8. The normalized spacial score (nSPS) is 11.8. The predicted molar refractivity (Wildman–Crippen MR) is 238 cm³/mol. The van der Waals surface area contributed by atoms with E-state index in [2.05, 4.69) is 167 Å². The van der Waals surface area contributed by atoms with Crippen molar-refractivity contribution in [3.05, 3.63) is 194 Å². The largest absolute Gasteiger partial charge is 0.276 e. The molecule has 0 aliphatic carbocycles. The molecular weight excluding hydrogens is 709 g/mol. The number of nitrogens with zero attached hydrogens (tertiary/aromatic N) is 6. The van der Waals surface area contributed by atoms with Crippen molar-refractivity contribution in [3.63, 3.8) is 0 Å². The van der Waals surface area contributed by atoms with Gasteiger partial charge in [-0.15, -0.1) is 0 Å². The Kier molecular flexibility index (Phi) is 7.13. The Labute approximate surface area is 333 Å². The van der Waals surface area contributed by atoms with Crippen LogP contribution in [0.25, 0.3) is 111 Å². The molecule has 8 aromatic carbocycles. The van der Waals surface area contributed by atoms with Crippen LogP contribution < -0.4 is 0 Å². The summed E-state index contributed by atoms with van der Waals surface area (Å²) in [6.45, 7) is 0. The molecule has 0 bridgehead atoms. The smallest absolute Gasteiger partial charge is 0.164 e. The van der Waals surface area contributed by atoms with Gasteiger partial charge in [-0.1, -0.05) is 127 Å². The molecule has 12 aromatic rings. The zero-order chi connectivity index (χ0) is 38.2. The van der Waals surface area contributed by atoms with Gasteiger partial charge >= 0.3 is 0 Å². The Morgan fingerprint density at radius 3 is 1.38 bits per heavy atom. The van der Waals surface area contributed by atoms with Crippen LogP contribution in [0.1, 0.15) is 0 Å². The van der Waals surface area contributed by atoms with Crippen LogP contribution in [-0.4, -0.2) is 29.1 Å². The lowest BCUT2D eigenvalue weighted by molar-refractivity contribution is 1.08. The average Bonchev–Trinajstić information content (AvgIpc) is 3.88. The van der Waals surface area contributed by atoms with E-state index in [9.17, 15) is 0 Å². The summed E-state index contributed by atoms with van der Waals surface area (Å²) in [6.07, 6.45) is 3.69. The first-order valence-corrected chi connectivity index (χ1v) is 19.5. The Hall–Kier alpha value is -7.96. The highest BCUT2D eigenvalue weighted by molar-refractivity contribution is 6.12. The van der Waals surface area contributed by atoms with E-state index in [1.54, 1.807) is 0 Å². The lowest BCUT2D eigenvalue weighted by Gasteiger charge is -2.17. The summed E-state index contributed by atoms with van der Waals surface area (Å²) >= 11 is 0. The van der Waals surface area contributed by atoms with Crippen LogP contribution in [0.15, 0.2) is 194 Å². The quantitative estimate of drug-likeness (QED) is 0.165. The molecule has 0 saturated carbocycles. The monoisotopic (exact) mass is 740 g/mol. The summed E-state index contributed by atoms with van der Waals surface area (Å²) in [6, 6.07) is 64.3. The molecule has 58 heavy (non-hydrogen) atoms. The van der Waals surface area contributed by atoms with Crippen molar-refractivity contribution in [1.82, 2.24) is 29.1 Å². The van der Waals surface area contributed by atoms with E-state index in [1.807, 2.05) is 36.7 Å². The number of imidazole rings is 2. The van der Waals surface area contributed by atoms with Gasteiger partial charge in [-0.2, -0.15) is 0 Å². The molecule has 0 atom stereocenters. The molecule has 4 heterocycles. The zero-order valence-corrected chi connectivity index (χ0v) is 31.2. The van der Waals surface area contributed by atoms with Gasteiger partial charge in [0.05, 0.1) is 11.4 Å². The third-order valence-corrected chi connectivity index (χ3v) is 11.4. The molecule has 0 spiro atoms. The number of aromatic nitrogens is 6. The minimum Gasteiger partial charge on any atom is -0.276 e. The van der Waals surface area contributed by atoms with Crippen molar-refractivity contribution in [1.29, 1.82) is 0 Å². The summed E-state index contributed by atoms with van der Waals surface area (Å²) in [5.74, 6) is 1.59. The number of hydrogen-bond donors (Lipinski definition) is 0. The Morgan fingerprint density at radius 2 is 0.793 bits per heavy atom. The molecule has 0 aliphatic heterocycles. The molecule has 4 aromatic heterocycles. The first kappa shape index (κ1) is 32.3. The first-order chi connectivity index (χ1) is 28.8. The van der Waals surface area contributed by atoms with Crippen molar-refractivity contribution in [2.75, 3.05) is 0 Å². The summed E-state index contributed by atoms with van der Waals surface area (Å²) < 4.78 is 4.43. The molecule has 0 saturated heterocycles. The van der Waals surface area contributed by atoms with Gasteiger partial charge in [-0.3, -0.25) is 9.13 Å². The maximum Gasteiger partial charge on any atom is 0.164 e. The number of pyridine rings is 2. The van der Waals surface area contributed by atoms with Gasteiger partial charge in [0.15, 0.2) is 11.3 Å². The van der Waals surface area contributed by atoms with E-state index < -0.39 is 0 Å². The number of rotatable bonds is 5. The summed E-state index contributed by atoms with van der Waals surface area (Å²) in [5.41, 5.74) is 9.35. The first-order valence-electron chi connectivity index (χ1n) is 19.5. The van der Waals surface area contributed by atoms with E-state index >= 15 is 0 Å². The molecule has 6 heteroatoms. The fraction of sp³-hybridized carbons (Fsp3) is 0. The molecule has 12 rings (SSSR count). The fourth-order valence-corrected chi connectivity index (χ4v) is 8.81. The van der Waals surface area contributed by atoms with E-state index in [-0.39, 0.29) is 0 Å². The maximum atomic E-state index is 5.36. The Morgan fingerprint density at radius 1 is 0.328 bits per heavy atom. The van der Waals surface area contributed by atoms with Crippen LogP contribution in [0.3, 0.4) is 0 Å². The molecule has 0 fully saturated rings. The van der Waals surface area contributed by atoms with Gasteiger partial charge in [0.2, 0.25) is 0 Å². The lowest BCUT2D eigenvalue weighted by atomic mass is 9.92. The van der Waals surface area contributed by atoms with E-state index in [0.29, 0.717) is 0 Å². The molecule has 0 unspecified atom stereocenters. The van der Waals surface area contributed by atoms with E-state index in [1.165, 1.54) is 21.5 Å². The number of benzene rings is 8.